The molecule has 0 spiro atoms. The van der Waals surface area contributed by atoms with Gasteiger partial charge in [0.2, 0.25) is 0 Å². The minimum Gasteiger partial charge on any atom is -0.478 e. The fraction of sp³-hybridized carbons (Fsp3) is 0.500. The van der Waals surface area contributed by atoms with Gasteiger partial charge in [-0.25, -0.2) is 4.79 Å². The summed E-state index contributed by atoms with van der Waals surface area (Å²) in [4.78, 5) is 13.7. The Labute approximate surface area is 83.1 Å². The van der Waals surface area contributed by atoms with E-state index in [-0.39, 0.29) is 16.8 Å². The maximum absolute atomic E-state index is 11.0. The van der Waals surface area contributed by atoms with E-state index in [1.165, 1.54) is 0 Å². The summed E-state index contributed by atoms with van der Waals surface area (Å²) in [6.45, 7) is 6.03. The van der Waals surface area contributed by atoms with Crippen molar-refractivity contribution in [2.24, 2.45) is 0 Å². The zero-order chi connectivity index (χ0) is 10.9. The van der Waals surface area contributed by atoms with Gasteiger partial charge in [-0.3, -0.25) is 0 Å². The van der Waals surface area contributed by atoms with Gasteiger partial charge in [0.15, 0.2) is 0 Å². The fourth-order valence-corrected chi connectivity index (χ4v) is 1.39. The van der Waals surface area contributed by atoms with Crippen molar-refractivity contribution in [3.63, 3.8) is 0 Å². The largest absolute Gasteiger partial charge is 0.478 e. The molecule has 1 aromatic heterocycles. The predicted molar refractivity (Wildman–Crippen MR) is 55.5 cm³/mol. The summed E-state index contributed by atoms with van der Waals surface area (Å²) >= 11 is 0. The lowest BCUT2D eigenvalue weighted by molar-refractivity contribution is 0.0695. The molecular formula is C10H16N2O2. The van der Waals surface area contributed by atoms with E-state index in [1.807, 2.05) is 20.8 Å². The molecule has 4 N–H and O–H groups in total. The van der Waals surface area contributed by atoms with Crippen LogP contribution in [-0.2, 0) is 5.41 Å². The van der Waals surface area contributed by atoms with Crippen LogP contribution in [0.1, 0.15) is 43.1 Å². The van der Waals surface area contributed by atoms with Gasteiger partial charge in [-0.1, -0.05) is 20.8 Å². The van der Waals surface area contributed by atoms with Crippen molar-refractivity contribution in [2.45, 2.75) is 32.6 Å². The minimum absolute atomic E-state index is 0.165. The Morgan fingerprint density at radius 1 is 1.64 bits per heavy atom. The maximum Gasteiger partial charge on any atom is 0.339 e. The van der Waals surface area contributed by atoms with E-state index in [4.69, 9.17) is 10.8 Å². The molecule has 0 aliphatic heterocycles. The average Bonchev–Trinajstić information content (AvgIpc) is 2.47. The second kappa shape index (κ2) is 3.36. The van der Waals surface area contributed by atoms with Crippen LogP contribution in [-0.4, -0.2) is 16.1 Å². The van der Waals surface area contributed by atoms with Crippen LogP contribution in [0.5, 0.6) is 0 Å². The monoisotopic (exact) mass is 196 g/mol. The number of carboxylic acids is 1. The van der Waals surface area contributed by atoms with Gasteiger partial charge in [-0.2, -0.15) is 0 Å². The van der Waals surface area contributed by atoms with E-state index in [0.717, 1.165) is 12.0 Å². The Morgan fingerprint density at radius 3 is 2.64 bits per heavy atom. The number of carbonyl (C=O) groups is 1. The molecule has 0 unspecified atom stereocenters. The molecule has 0 radical (unpaired) electrons. The van der Waals surface area contributed by atoms with Crippen molar-refractivity contribution in [3.05, 3.63) is 17.3 Å². The molecule has 0 saturated heterocycles. The molecule has 78 valence electrons. The fourth-order valence-electron chi connectivity index (χ4n) is 1.39. The lowest BCUT2D eigenvalue weighted by atomic mass is 9.81. The third kappa shape index (κ3) is 1.60. The number of aromatic nitrogens is 1. The topological polar surface area (TPSA) is 79.1 Å². The number of nitrogen functional groups attached to an aromatic ring is 1. The molecule has 1 aromatic rings. The SMILES string of the molecule is CCC(C)(C)c1c[nH]c(N)c1C(=O)O. The van der Waals surface area contributed by atoms with Crippen molar-refractivity contribution in [2.75, 3.05) is 5.73 Å². The first kappa shape index (κ1) is 10.6. The molecule has 0 saturated carbocycles. The van der Waals surface area contributed by atoms with Crippen LogP contribution in [0.3, 0.4) is 0 Å². The molecule has 4 heteroatoms. The first-order valence-corrected chi connectivity index (χ1v) is 4.60. The van der Waals surface area contributed by atoms with Gasteiger partial charge in [0.05, 0.1) is 0 Å². The maximum atomic E-state index is 11.0. The number of nitrogens with two attached hydrogens (primary N) is 1. The second-order valence-electron chi connectivity index (χ2n) is 4.03. The number of carboxylic acid groups (broad SMARTS) is 1. The molecule has 14 heavy (non-hydrogen) atoms. The standard InChI is InChI=1S/C10H16N2O2/c1-4-10(2,3)6-5-12-8(11)7(6)9(13)14/h5,12H,4,11H2,1-3H3,(H,13,14). The van der Waals surface area contributed by atoms with E-state index >= 15 is 0 Å². The number of nitrogens with one attached hydrogen (secondary N) is 1. The number of rotatable bonds is 3. The van der Waals surface area contributed by atoms with Crippen molar-refractivity contribution in [1.82, 2.24) is 4.98 Å². The second-order valence-corrected chi connectivity index (χ2v) is 4.03. The molecule has 0 fully saturated rings. The summed E-state index contributed by atoms with van der Waals surface area (Å²) in [6, 6.07) is 0. The highest BCUT2D eigenvalue weighted by Gasteiger charge is 2.27. The summed E-state index contributed by atoms with van der Waals surface area (Å²) in [7, 11) is 0. The molecule has 1 heterocycles. The third-order valence-electron chi connectivity index (χ3n) is 2.74. The first-order valence-electron chi connectivity index (χ1n) is 4.60. The number of H-pyrrole nitrogens is 1. The summed E-state index contributed by atoms with van der Waals surface area (Å²) in [5.74, 6) is -0.741. The van der Waals surface area contributed by atoms with Crippen molar-refractivity contribution < 1.29 is 9.90 Å². The van der Waals surface area contributed by atoms with E-state index < -0.39 is 5.97 Å². The third-order valence-corrected chi connectivity index (χ3v) is 2.74. The van der Waals surface area contributed by atoms with Gasteiger partial charge in [-0.05, 0) is 17.4 Å². The number of aromatic carboxylic acids is 1. The Kier molecular flexibility index (Phi) is 2.55. The van der Waals surface area contributed by atoms with Crippen LogP contribution < -0.4 is 5.73 Å². The van der Waals surface area contributed by atoms with Crippen LogP contribution in [0.25, 0.3) is 0 Å². The van der Waals surface area contributed by atoms with Crippen LogP contribution in [0, 0.1) is 0 Å². The van der Waals surface area contributed by atoms with Gasteiger partial charge in [0, 0.05) is 6.20 Å². The lowest BCUT2D eigenvalue weighted by Gasteiger charge is -2.22. The first-order chi connectivity index (χ1) is 6.40. The molecule has 0 bridgehead atoms. The van der Waals surface area contributed by atoms with Gasteiger partial charge >= 0.3 is 5.97 Å². The molecule has 0 amide bonds. The van der Waals surface area contributed by atoms with Crippen LogP contribution in [0.2, 0.25) is 0 Å². The quantitative estimate of drug-likeness (QED) is 0.691. The highest BCUT2D eigenvalue weighted by molar-refractivity contribution is 5.95. The van der Waals surface area contributed by atoms with Gasteiger partial charge in [-0.15, -0.1) is 0 Å². The van der Waals surface area contributed by atoms with Crippen LogP contribution in [0.4, 0.5) is 5.82 Å². The number of anilines is 1. The molecule has 1 rings (SSSR count). The van der Waals surface area contributed by atoms with E-state index in [0.29, 0.717) is 0 Å². The van der Waals surface area contributed by atoms with Gasteiger partial charge < -0.3 is 15.8 Å². The summed E-state index contributed by atoms with van der Waals surface area (Å²) < 4.78 is 0. The molecule has 0 aliphatic carbocycles. The van der Waals surface area contributed by atoms with Crippen molar-refractivity contribution in [1.29, 1.82) is 0 Å². The van der Waals surface area contributed by atoms with Gasteiger partial charge in [0.25, 0.3) is 0 Å². The Balaban J connectivity index is 3.29. The number of hydrogen-bond acceptors (Lipinski definition) is 2. The minimum atomic E-state index is -0.972. The predicted octanol–water partition coefficient (Wildman–Crippen LogP) is 1.98. The summed E-state index contributed by atoms with van der Waals surface area (Å²) in [6.07, 6.45) is 2.55. The van der Waals surface area contributed by atoms with E-state index in [1.54, 1.807) is 6.20 Å². The average molecular weight is 196 g/mol. The van der Waals surface area contributed by atoms with Crippen molar-refractivity contribution >= 4 is 11.8 Å². The highest BCUT2D eigenvalue weighted by atomic mass is 16.4. The smallest absolute Gasteiger partial charge is 0.339 e. The van der Waals surface area contributed by atoms with Crippen molar-refractivity contribution in [3.8, 4) is 0 Å². The van der Waals surface area contributed by atoms with E-state index in [9.17, 15) is 4.79 Å². The Hall–Kier alpha value is -1.45. The molecule has 0 aliphatic rings. The summed E-state index contributed by atoms with van der Waals surface area (Å²) in [5.41, 5.74) is 6.37. The summed E-state index contributed by atoms with van der Waals surface area (Å²) in [5, 5.41) is 8.99. The Bertz CT molecular complexity index is 353. The lowest BCUT2D eigenvalue weighted by Crippen LogP contribution is -2.18. The van der Waals surface area contributed by atoms with E-state index in [2.05, 4.69) is 4.98 Å². The van der Waals surface area contributed by atoms with Gasteiger partial charge in [0.1, 0.15) is 11.4 Å². The molecule has 0 aromatic carbocycles. The molecule has 4 nitrogen and oxygen atoms in total. The zero-order valence-corrected chi connectivity index (χ0v) is 8.72. The zero-order valence-electron chi connectivity index (χ0n) is 8.72. The molecular weight excluding hydrogens is 180 g/mol. The number of aromatic amines is 1. The number of hydrogen-bond donors (Lipinski definition) is 3. The normalized spacial score (nSPS) is 11.6. The van der Waals surface area contributed by atoms with Crippen LogP contribution in [0.15, 0.2) is 6.20 Å². The highest BCUT2D eigenvalue weighted by Crippen LogP contribution is 2.32. The molecule has 0 atom stereocenters. The van der Waals surface area contributed by atoms with Crippen LogP contribution >= 0.6 is 0 Å². The Morgan fingerprint density at radius 2 is 2.21 bits per heavy atom.